The summed E-state index contributed by atoms with van der Waals surface area (Å²) in [6.07, 6.45) is 0.452. The molecule has 0 saturated carbocycles. The molecule has 1 heterocycles. The fraction of sp³-hybridized carbons (Fsp3) is 0.250. The quantitative estimate of drug-likeness (QED) is 0.370. The van der Waals surface area contributed by atoms with E-state index >= 15 is 0 Å². The van der Waals surface area contributed by atoms with Gasteiger partial charge in [-0.25, -0.2) is 23.5 Å². The second-order valence-electron chi connectivity index (χ2n) is 7.18. The van der Waals surface area contributed by atoms with E-state index in [-0.39, 0.29) is 41.9 Å². The summed E-state index contributed by atoms with van der Waals surface area (Å²) in [5.74, 6) is -2.21. The lowest BCUT2D eigenvalue weighted by molar-refractivity contribution is 0.0521. The predicted molar refractivity (Wildman–Crippen MR) is 114 cm³/mol. The Hall–Kier alpha value is -3.68. The second kappa shape index (κ2) is 10.1. The van der Waals surface area contributed by atoms with Gasteiger partial charge in [0.2, 0.25) is 0 Å². The number of hydrogen-bond donors (Lipinski definition) is 0. The molecule has 0 bridgehead atoms. The van der Waals surface area contributed by atoms with Crippen molar-refractivity contribution in [1.82, 2.24) is 9.97 Å². The molecule has 0 N–H and O–H groups in total. The number of ether oxygens (including phenoxy) is 2. The highest BCUT2D eigenvalue weighted by molar-refractivity contribution is 5.98. The molecule has 166 valence electrons. The van der Waals surface area contributed by atoms with Crippen molar-refractivity contribution in [3.05, 3.63) is 76.6 Å². The zero-order valence-electron chi connectivity index (χ0n) is 17.9. The molecule has 2 aromatic carbocycles. The normalized spacial score (nSPS) is 10.8. The molecule has 32 heavy (non-hydrogen) atoms. The van der Waals surface area contributed by atoms with Crippen molar-refractivity contribution in [2.75, 3.05) is 6.61 Å². The van der Waals surface area contributed by atoms with Crippen LogP contribution in [0.4, 0.5) is 8.78 Å². The van der Waals surface area contributed by atoms with E-state index in [0.29, 0.717) is 12.0 Å². The van der Waals surface area contributed by atoms with Gasteiger partial charge in [0, 0.05) is 6.42 Å². The maximum absolute atomic E-state index is 14.3. The molecule has 0 aliphatic rings. The van der Waals surface area contributed by atoms with Gasteiger partial charge in [0.1, 0.15) is 28.6 Å². The zero-order valence-corrected chi connectivity index (χ0v) is 17.9. The molecular weight excluding hydrogens is 418 g/mol. The topological polar surface area (TPSA) is 78.4 Å². The van der Waals surface area contributed by atoms with Gasteiger partial charge >= 0.3 is 5.97 Å². The molecule has 0 atom stereocenters. The van der Waals surface area contributed by atoms with Crippen molar-refractivity contribution in [2.24, 2.45) is 0 Å². The first-order chi connectivity index (χ1) is 15.3. The van der Waals surface area contributed by atoms with Crippen LogP contribution in [0.1, 0.15) is 52.9 Å². The van der Waals surface area contributed by atoms with Gasteiger partial charge < -0.3 is 9.47 Å². The minimum atomic E-state index is -0.883. The molecule has 3 rings (SSSR count). The van der Waals surface area contributed by atoms with Gasteiger partial charge in [-0.2, -0.15) is 0 Å². The van der Waals surface area contributed by atoms with E-state index in [4.69, 9.17) is 9.47 Å². The first-order valence-corrected chi connectivity index (χ1v) is 10.1. The zero-order chi connectivity index (χ0) is 23.3. The second-order valence-corrected chi connectivity index (χ2v) is 7.18. The summed E-state index contributed by atoms with van der Waals surface area (Å²) in [6.45, 7) is 5.51. The summed E-state index contributed by atoms with van der Waals surface area (Å²) >= 11 is 0. The number of aromatic nitrogens is 2. The Morgan fingerprint density at radius 3 is 2.28 bits per heavy atom. The van der Waals surface area contributed by atoms with Crippen LogP contribution < -0.4 is 4.74 Å². The number of halogens is 2. The van der Waals surface area contributed by atoms with Gasteiger partial charge in [-0.15, -0.1) is 0 Å². The van der Waals surface area contributed by atoms with Crippen molar-refractivity contribution in [2.45, 2.75) is 33.3 Å². The Labute approximate surface area is 184 Å². The third-order valence-corrected chi connectivity index (χ3v) is 4.46. The third kappa shape index (κ3) is 5.14. The molecule has 8 heteroatoms. The molecule has 0 unspecified atom stereocenters. The van der Waals surface area contributed by atoms with Gasteiger partial charge in [-0.3, -0.25) is 4.79 Å². The number of esters is 1. The standard InChI is InChI=1S/C24H22F2N2O4/c1-4-31-24(30)22-19(12-15-8-10-16(11-9-15)32-14(2)3)27-23(28-20(22)13-29)21-17(25)6-5-7-18(21)26/h5-11,13-14H,4,12H2,1-3H3. The van der Waals surface area contributed by atoms with E-state index in [2.05, 4.69) is 9.97 Å². The van der Waals surface area contributed by atoms with Gasteiger partial charge in [0.15, 0.2) is 12.1 Å². The fourth-order valence-corrected chi connectivity index (χ4v) is 3.14. The summed E-state index contributed by atoms with van der Waals surface area (Å²) in [7, 11) is 0. The van der Waals surface area contributed by atoms with Crippen molar-refractivity contribution in [3.8, 4) is 17.1 Å². The summed E-state index contributed by atoms with van der Waals surface area (Å²) in [4.78, 5) is 32.5. The van der Waals surface area contributed by atoms with E-state index < -0.39 is 23.2 Å². The van der Waals surface area contributed by atoms with E-state index in [9.17, 15) is 18.4 Å². The Morgan fingerprint density at radius 2 is 1.72 bits per heavy atom. The highest BCUT2D eigenvalue weighted by atomic mass is 19.1. The van der Waals surface area contributed by atoms with Crippen LogP contribution in [0.15, 0.2) is 42.5 Å². The van der Waals surface area contributed by atoms with Gasteiger partial charge in [-0.05, 0) is 50.6 Å². The number of carbonyl (C=O) groups excluding carboxylic acids is 2. The number of nitrogens with zero attached hydrogens (tertiary/aromatic N) is 2. The first kappa shape index (κ1) is 23.0. The maximum atomic E-state index is 14.3. The third-order valence-electron chi connectivity index (χ3n) is 4.46. The number of rotatable bonds is 8. The molecule has 0 radical (unpaired) electrons. The Morgan fingerprint density at radius 1 is 1.06 bits per heavy atom. The SMILES string of the molecule is CCOC(=O)c1c(C=O)nc(-c2c(F)cccc2F)nc1Cc1ccc(OC(C)C)cc1. The monoisotopic (exact) mass is 440 g/mol. The van der Waals surface area contributed by atoms with Crippen LogP contribution >= 0.6 is 0 Å². The molecular formula is C24H22F2N2O4. The van der Waals surface area contributed by atoms with Crippen LogP contribution in [0.25, 0.3) is 11.4 Å². The summed E-state index contributed by atoms with van der Waals surface area (Å²) in [5.41, 5.74) is -0.0541. The predicted octanol–water partition coefficient (Wildman–Crippen LogP) is 4.79. The number of hydrogen-bond acceptors (Lipinski definition) is 6. The lowest BCUT2D eigenvalue weighted by Crippen LogP contribution is -2.16. The number of aldehydes is 1. The molecule has 0 amide bonds. The van der Waals surface area contributed by atoms with Gasteiger partial charge in [0.25, 0.3) is 0 Å². The highest BCUT2D eigenvalue weighted by Gasteiger charge is 2.24. The van der Waals surface area contributed by atoms with Crippen LogP contribution in [-0.2, 0) is 11.2 Å². The Bertz CT molecular complexity index is 1110. The van der Waals surface area contributed by atoms with Gasteiger partial charge in [0.05, 0.1) is 24.0 Å². The van der Waals surface area contributed by atoms with Crippen LogP contribution in [0.3, 0.4) is 0 Å². The van der Waals surface area contributed by atoms with Gasteiger partial charge in [-0.1, -0.05) is 18.2 Å². The molecule has 0 aliphatic carbocycles. The lowest BCUT2D eigenvalue weighted by atomic mass is 10.0. The van der Waals surface area contributed by atoms with Crippen molar-refractivity contribution < 1.29 is 27.8 Å². The van der Waals surface area contributed by atoms with Crippen molar-refractivity contribution in [3.63, 3.8) is 0 Å². The Balaban J connectivity index is 2.12. The number of benzene rings is 2. The molecule has 3 aromatic rings. The van der Waals surface area contributed by atoms with Crippen LogP contribution in [0, 0.1) is 11.6 Å². The molecule has 0 spiro atoms. The van der Waals surface area contributed by atoms with Crippen LogP contribution in [-0.4, -0.2) is 34.9 Å². The summed E-state index contributed by atoms with van der Waals surface area (Å²) in [6, 6.07) is 10.4. The Kier molecular flexibility index (Phi) is 7.25. The van der Waals surface area contributed by atoms with Crippen molar-refractivity contribution in [1.29, 1.82) is 0 Å². The highest BCUT2D eigenvalue weighted by Crippen LogP contribution is 2.26. The summed E-state index contributed by atoms with van der Waals surface area (Å²) < 4.78 is 39.4. The fourth-order valence-electron chi connectivity index (χ4n) is 3.14. The van der Waals surface area contributed by atoms with Crippen molar-refractivity contribution >= 4 is 12.3 Å². The van der Waals surface area contributed by atoms with E-state index in [0.717, 1.165) is 17.7 Å². The number of carbonyl (C=O) groups is 2. The molecule has 0 saturated heterocycles. The van der Waals surface area contributed by atoms with E-state index in [1.165, 1.54) is 6.07 Å². The summed E-state index contributed by atoms with van der Waals surface area (Å²) in [5, 5.41) is 0. The average molecular weight is 440 g/mol. The minimum absolute atomic E-state index is 0.00602. The molecule has 0 aliphatic heterocycles. The maximum Gasteiger partial charge on any atom is 0.342 e. The minimum Gasteiger partial charge on any atom is -0.491 e. The van der Waals surface area contributed by atoms with E-state index in [1.807, 2.05) is 13.8 Å². The molecule has 0 fully saturated rings. The first-order valence-electron chi connectivity index (χ1n) is 10.1. The lowest BCUT2D eigenvalue weighted by Gasteiger charge is -2.14. The molecule has 1 aromatic heterocycles. The van der Waals surface area contributed by atoms with Crippen LogP contribution in [0.2, 0.25) is 0 Å². The smallest absolute Gasteiger partial charge is 0.342 e. The van der Waals surface area contributed by atoms with Crippen LogP contribution in [0.5, 0.6) is 5.75 Å². The largest absolute Gasteiger partial charge is 0.491 e. The average Bonchev–Trinajstić information content (AvgIpc) is 2.74. The van der Waals surface area contributed by atoms with E-state index in [1.54, 1.807) is 31.2 Å². The molecule has 6 nitrogen and oxygen atoms in total.